The zero-order chi connectivity index (χ0) is 20.2. The van der Waals surface area contributed by atoms with Gasteiger partial charge in [-0.25, -0.2) is 0 Å². The molecule has 4 nitrogen and oxygen atoms in total. The monoisotopic (exact) mass is 396 g/mol. The van der Waals surface area contributed by atoms with E-state index in [1.54, 1.807) is 0 Å². The van der Waals surface area contributed by atoms with E-state index in [4.69, 9.17) is 19.7 Å². The van der Waals surface area contributed by atoms with E-state index in [2.05, 4.69) is 91.9 Å². The summed E-state index contributed by atoms with van der Waals surface area (Å²) in [5, 5.41) is 15.3. The Morgan fingerprint density at radius 1 is 0.857 bits per heavy atom. The Hall–Kier alpha value is -2.92. The van der Waals surface area contributed by atoms with Crippen LogP contribution in [0, 0.1) is 0 Å². The lowest BCUT2D eigenvalue weighted by Gasteiger charge is -2.09. The Morgan fingerprint density at radius 2 is 1.29 bits per heavy atom. The maximum atomic E-state index is 8.44. The molecule has 146 valence electrons. The molecule has 3 rings (SSSR count). The predicted molar refractivity (Wildman–Crippen MR) is 110 cm³/mol. The van der Waals surface area contributed by atoms with E-state index in [0.29, 0.717) is 0 Å². The van der Waals surface area contributed by atoms with Crippen molar-refractivity contribution in [1.29, 1.82) is 0 Å². The Bertz CT molecular complexity index is 777. The third-order valence-corrected chi connectivity index (χ3v) is 6.01. The number of rotatable bonds is 7. The second kappa shape index (κ2) is 11.7. The first-order valence-corrected chi connectivity index (χ1v) is 10.3. The van der Waals surface area contributed by atoms with Gasteiger partial charge in [0.05, 0.1) is 17.5 Å². The molecule has 0 amide bonds. The van der Waals surface area contributed by atoms with Crippen molar-refractivity contribution in [1.82, 2.24) is 0 Å². The van der Waals surface area contributed by atoms with E-state index in [-0.39, 0.29) is 10.9 Å². The minimum atomic E-state index is -2.08. The molecular formula is C23H24O4S. The molecule has 0 radical (unpaired) electrons. The molecule has 0 aliphatic rings. The van der Waals surface area contributed by atoms with Crippen LogP contribution in [0.1, 0.15) is 19.8 Å². The normalized spacial score (nSPS) is 10.1. The SMILES string of the molecule is CCCCOc1ccc([S+](c2ccccc2)c2ccccc2)cc1.O=C([O-])O. The quantitative estimate of drug-likeness (QED) is 0.458. The fourth-order valence-electron chi connectivity index (χ4n) is 2.53. The fraction of sp³-hybridized carbons (Fsp3) is 0.174. The van der Waals surface area contributed by atoms with E-state index in [1.165, 1.54) is 14.7 Å². The topological polar surface area (TPSA) is 69.6 Å². The average Bonchev–Trinajstić information content (AvgIpc) is 2.71. The van der Waals surface area contributed by atoms with Crippen LogP contribution in [0.5, 0.6) is 5.75 Å². The molecular weight excluding hydrogens is 372 g/mol. The van der Waals surface area contributed by atoms with Gasteiger partial charge in [0.15, 0.2) is 14.7 Å². The van der Waals surface area contributed by atoms with Crippen LogP contribution in [0.15, 0.2) is 99.6 Å². The molecule has 0 aliphatic heterocycles. The highest BCUT2D eigenvalue weighted by molar-refractivity contribution is 7.97. The molecule has 3 aromatic rings. The summed E-state index contributed by atoms with van der Waals surface area (Å²) in [6.07, 6.45) is 0.170. The third-order valence-electron chi connectivity index (χ3n) is 3.78. The number of carbonyl (C=O) groups is 1. The number of benzene rings is 3. The maximum absolute atomic E-state index is 8.44. The van der Waals surface area contributed by atoms with Crippen molar-refractivity contribution < 1.29 is 19.7 Å². The van der Waals surface area contributed by atoms with Crippen LogP contribution in [0.3, 0.4) is 0 Å². The van der Waals surface area contributed by atoms with Gasteiger partial charge in [0.2, 0.25) is 6.16 Å². The first-order valence-electron chi connectivity index (χ1n) is 9.09. The van der Waals surface area contributed by atoms with E-state index >= 15 is 0 Å². The lowest BCUT2D eigenvalue weighted by atomic mass is 10.3. The summed E-state index contributed by atoms with van der Waals surface area (Å²) in [6.45, 7) is 2.97. The van der Waals surface area contributed by atoms with E-state index in [0.717, 1.165) is 25.2 Å². The molecule has 0 atom stereocenters. The minimum Gasteiger partial charge on any atom is -0.565 e. The average molecular weight is 397 g/mol. The van der Waals surface area contributed by atoms with Gasteiger partial charge in [0, 0.05) is 0 Å². The zero-order valence-corrected chi connectivity index (χ0v) is 16.6. The van der Waals surface area contributed by atoms with Crippen LogP contribution in [0.25, 0.3) is 0 Å². The summed E-state index contributed by atoms with van der Waals surface area (Å²) in [5.41, 5.74) is 0. The standard InChI is InChI=1S/C22H23OS.CH2O3/c1-2-3-18-23-19-14-16-22(17-15-19)24(20-10-6-4-7-11-20)21-12-8-5-9-13-21;2-1(3)4/h4-17H,2-3,18H2,1H3;(H2,2,3,4)/q+1;/p-1. The molecule has 0 spiro atoms. The molecule has 3 aromatic carbocycles. The van der Waals surface area contributed by atoms with Gasteiger partial charge >= 0.3 is 0 Å². The Balaban J connectivity index is 0.000000640. The molecule has 1 N–H and O–H groups in total. The summed E-state index contributed by atoms with van der Waals surface area (Å²) in [6, 6.07) is 30.0. The zero-order valence-electron chi connectivity index (χ0n) is 15.8. The van der Waals surface area contributed by atoms with Crippen LogP contribution in [0.2, 0.25) is 0 Å². The smallest absolute Gasteiger partial charge is 0.249 e. The number of hydrogen-bond donors (Lipinski definition) is 1. The van der Waals surface area contributed by atoms with Gasteiger partial charge in [0.25, 0.3) is 0 Å². The van der Waals surface area contributed by atoms with Gasteiger partial charge < -0.3 is 19.7 Å². The van der Waals surface area contributed by atoms with Crippen molar-refractivity contribution in [2.45, 2.75) is 34.5 Å². The van der Waals surface area contributed by atoms with Crippen molar-refractivity contribution in [3.63, 3.8) is 0 Å². The molecule has 0 aromatic heterocycles. The molecule has 28 heavy (non-hydrogen) atoms. The fourth-order valence-corrected chi connectivity index (χ4v) is 4.61. The minimum absolute atomic E-state index is 0.0858. The number of unbranched alkanes of at least 4 members (excludes halogenated alkanes) is 1. The highest BCUT2D eigenvalue weighted by Gasteiger charge is 2.28. The Morgan fingerprint density at radius 3 is 1.71 bits per heavy atom. The van der Waals surface area contributed by atoms with Crippen LogP contribution >= 0.6 is 0 Å². The van der Waals surface area contributed by atoms with Crippen molar-refractivity contribution in [2.24, 2.45) is 0 Å². The van der Waals surface area contributed by atoms with Gasteiger partial charge in [-0.15, -0.1) is 0 Å². The van der Waals surface area contributed by atoms with Gasteiger partial charge in [-0.2, -0.15) is 0 Å². The van der Waals surface area contributed by atoms with Gasteiger partial charge in [-0.3, -0.25) is 0 Å². The summed E-state index contributed by atoms with van der Waals surface area (Å²) in [4.78, 5) is 12.4. The first kappa shape index (κ1) is 21.4. The third kappa shape index (κ3) is 7.00. The van der Waals surface area contributed by atoms with Gasteiger partial charge in [0.1, 0.15) is 5.75 Å². The summed E-state index contributed by atoms with van der Waals surface area (Å²) in [5.74, 6) is 0.955. The van der Waals surface area contributed by atoms with E-state index in [1.807, 2.05) is 0 Å². The molecule has 0 saturated carbocycles. The van der Waals surface area contributed by atoms with Gasteiger partial charge in [-0.05, 0) is 55.0 Å². The summed E-state index contributed by atoms with van der Waals surface area (Å²) in [7, 11) is -0.0858. The van der Waals surface area contributed by atoms with Crippen molar-refractivity contribution in [3.05, 3.63) is 84.9 Å². The van der Waals surface area contributed by atoms with Crippen molar-refractivity contribution >= 4 is 17.1 Å². The molecule has 0 aliphatic carbocycles. The number of hydrogen-bond acceptors (Lipinski definition) is 3. The molecule has 5 heteroatoms. The van der Waals surface area contributed by atoms with Crippen LogP contribution in [0.4, 0.5) is 4.79 Å². The van der Waals surface area contributed by atoms with Crippen molar-refractivity contribution in [3.8, 4) is 5.75 Å². The maximum Gasteiger partial charge on any atom is 0.249 e. The Labute approximate surface area is 168 Å². The highest BCUT2D eigenvalue weighted by atomic mass is 32.2. The predicted octanol–water partition coefficient (Wildman–Crippen LogP) is 4.85. The van der Waals surface area contributed by atoms with Crippen LogP contribution in [-0.2, 0) is 10.9 Å². The lowest BCUT2D eigenvalue weighted by molar-refractivity contribution is -0.275. The molecule has 0 bridgehead atoms. The second-order valence-corrected chi connectivity index (χ2v) is 7.90. The number of carboxylic acid groups (broad SMARTS) is 2. The lowest BCUT2D eigenvalue weighted by Crippen LogP contribution is -2.17. The second-order valence-electron chi connectivity index (χ2n) is 5.87. The van der Waals surface area contributed by atoms with E-state index < -0.39 is 6.16 Å². The Kier molecular flexibility index (Phi) is 8.95. The van der Waals surface area contributed by atoms with Crippen molar-refractivity contribution in [2.75, 3.05) is 6.61 Å². The van der Waals surface area contributed by atoms with Gasteiger partial charge in [-0.1, -0.05) is 49.7 Å². The highest BCUT2D eigenvalue weighted by Crippen LogP contribution is 2.31. The molecule has 0 fully saturated rings. The molecule has 0 unspecified atom stereocenters. The molecule has 0 heterocycles. The molecule has 0 saturated heterocycles. The largest absolute Gasteiger partial charge is 0.565 e. The summed E-state index contributed by atoms with van der Waals surface area (Å²) >= 11 is 0. The number of ether oxygens (including phenoxy) is 1. The van der Waals surface area contributed by atoms with Crippen LogP contribution < -0.4 is 9.84 Å². The summed E-state index contributed by atoms with van der Waals surface area (Å²) < 4.78 is 5.80. The van der Waals surface area contributed by atoms with Crippen LogP contribution in [-0.4, -0.2) is 17.9 Å². The first-order chi connectivity index (χ1) is 13.6. The van der Waals surface area contributed by atoms with E-state index in [9.17, 15) is 0 Å².